The Bertz CT molecular complexity index is 644. The van der Waals surface area contributed by atoms with Crippen molar-refractivity contribution in [2.75, 3.05) is 5.32 Å². The quantitative estimate of drug-likeness (QED) is 0.682. The first-order valence-corrected chi connectivity index (χ1v) is 6.30. The molecule has 102 valence electrons. The van der Waals surface area contributed by atoms with Crippen LogP contribution in [0.1, 0.15) is 16.8 Å². The molecule has 0 heterocycles. The molecule has 2 aromatic rings. The number of para-hydroxylation sites is 1. The van der Waals surface area contributed by atoms with Crippen LogP contribution in [0.2, 0.25) is 0 Å². The van der Waals surface area contributed by atoms with E-state index >= 15 is 0 Å². The van der Waals surface area contributed by atoms with Gasteiger partial charge in [-0.3, -0.25) is 4.79 Å². The van der Waals surface area contributed by atoms with Crippen molar-refractivity contribution in [2.24, 2.45) is 0 Å². The first kappa shape index (κ1) is 14.3. The predicted octanol–water partition coefficient (Wildman–Crippen LogP) is 3.98. The van der Waals surface area contributed by atoms with Gasteiger partial charge in [0.05, 0.1) is 17.0 Å². The number of Topliss-reactive ketones (excluding diaryl/α,β-unsaturated/α-hetero) is 1. The number of nitrogens with one attached hydrogen (secondary N) is 1. The second-order valence-electron chi connectivity index (χ2n) is 4.14. The van der Waals surface area contributed by atoms with Crippen molar-refractivity contribution >= 4 is 28.7 Å². The smallest absolute Gasteiger partial charge is 0.172 e. The maximum absolute atomic E-state index is 13.5. The van der Waals surface area contributed by atoms with Crippen molar-refractivity contribution in [2.45, 2.75) is 6.42 Å². The lowest BCUT2D eigenvalue weighted by atomic mass is 10.1. The van der Waals surface area contributed by atoms with Gasteiger partial charge in [0.25, 0.3) is 0 Å². The summed E-state index contributed by atoms with van der Waals surface area (Å²) in [6.45, 7) is 0. The van der Waals surface area contributed by atoms with Gasteiger partial charge in [0, 0.05) is 11.8 Å². The lowest BCUT2D eigenvalue weighted by Crippen LogP contribution is -2.15. The third-order valence-corrected chi connectivity index (χ3v) is 2.86. The molecule has 5 heteroatoms. The highest BCUT2D eigenvalue weighted by Gasteiger charge is 2.14. The Labute approximate surface area is 120 Å². The van der Waals surface area contributed by atoms with Gasteiger partial charge in [-0.15, -0.1) is 0 Å². The van der Waals surface area contributed by atoms with Gasteiger partial charge in [-0.25, -0.2) is 8.78 Å². The topological polar surface area (TPSA) is 29.1 Å². The molecule has 0 saturated heterocycles. The zero-order valence-corrected chi connectivity index (χ0v) is 11.2. The fourth-order valence-corrected chi connectivity index (χ4v) is 1.93. The third kappa shape index (κ3) is 3.68. The summed E-state index contributed by atoms with van der Waals surface area (Å²) < 4.78 is 26.2. The van der Waals surface area contributed by atoms with Gasteiger partial charge in [0.1, 0.15) is 11.6 Å². The highest BCUT2D eigenvalue weighted by atomic mass is 32.1. The molecule has 0 saturated carbocycles. The maximum Gasteiger partial charge on any atom is 0.172 e. The number of thiocarbonyl (C=S) groups is 1. The fraction of sp³-hybridized carbons (Fsp3) is 0.0667. The molecule has 0 aromatic heterocycles. The summed E-state index contributed by atoms with van der Waals surface area (Å²) in [5, 5.41) is 2.89. The molecule has 0 spiro atoms. The Morgan fingerprint density at radius 3 is 2.45 bits per heavy atom. The number of benzene rings is 2. The Kier molecular flexibility index (Phi) is 4.53. The van der Waals surface area contributed by atoms with E-state index < -0.39 is 17.4 Å². The molecule has 2 aromatic carbocycles. The van der Waals surface area contributed by atoms with E-state index in [4.69, 9.17) is 12.2 Å². The number of carbonyl (C=O) groups excluding carboxylic acids is 1. The van der Waals surface area contributed by atoms with Crippen LogP contribution >= 0.6 is 12.2 Å². The summed E-state index contributed by atoms with van der Waals surface area (Å²) in [5.74, 6) is -2.09. The average Bonchev–Trinajstić information content (AvgIpc) is 2.39. The van der Waals surface area contributed by atoms with Gasteiger partial charge in [-0.2, -0.15) is 0 Å². The van der Waals surface area contributed by atoms with Crippen molar-refractivity contribution in [1.82, 2.24) is 0 Å². The van der Waals surface area contributed by atoms with Crippen molar-refractivity contribution in [3.05, 3.63) is 65.7 Å². The number of hydrogen-bond donors (Lipinski definition) is 1. The fourth-order valence-electron chi connectivity index (χ4n) is 1.68. The van der Waals surface area contributed by atoms with E-state index in [0.717, 1.165) is 17.8 Å². The Morgan fingerprint density at radius 2 is 1.80 bits per heavy atom. The summed E-state index contributed by atoms with van der Waals surface area (Å²) in [6, 6.07) is 12.0. The molecule has 0 aliphatic heterocycles. The largest absolute Gasteiger partial charge is 0.350 e. The van der Waals surface area contributed by atoms with Crippen molar-refractivity contribution in [3.8, 4) is 0 Å². The lowest BCUT2D eigenvalue weighted by Gasteiger charge is -2.07. The van der Waals surface area contributed by atoms with E-state index in [1.165, 1.54) is 0 Å². The maximum atomic E-state index is 13.5. The molecule has 0 fully saturated rings. The van der Waals surface area contributed by atoms with Gasteiger partial charge in [0.2, 0.25) is 0 Å². The molecule has 0 radical (unpaired) electrons. The van der Waals surface area contributed by atoms with Gasteiger partial charge < -0.3 is 5.32 Å². The molecule has 2 nitrogen and oxygen atoms in total. The van der Waals surface area contributed by atoms with Gasteiger partial charge in [-0.05, 0) is 24.3 Å². The molecule has 2 rings (SSSR count). The molecule has 0 bridgehead atoms. The summed E-state index contributed by atoms with van der Waals surface area (Å²) in [4.78, 5) is 12.2. The molecule has 0 atom stereocenters. The van der Waals surface area contributed by atoms with E-state index in [9.17, 15) is 13.6 Å². The first-order valence-electron chi connectivity index (χ1n) is 5.89. The Morgan fingerprint density at radius 1 is 1.10 bits per heavy atom. The molecule has 1 N–H and O–H groups in total. The van der Waals surface area contributed by atoms with Crippen molar-refractivity contribution in [1.29, 1.82) is 0 Å². The number of anilines is 1. The van der Waals surface area contributed by atoms with Crippen molar-refractivity contribution < 1.29 is 13.6 Å². The highest BCUT2D eigenvalue weighted by molar-refractivity contribution is 7.80. The summed E-state index contributed by atoms with van der Waals surface area (Å²) >= 11 is 5.05. The molecule has 20 heavy (non-hydrogen) atoms. The van der Waals surface area contributed by atoms with Crippen LogP contribution in [-0.2, 0) is 0 Å². The van der Waals surface area contributed by atoms with Crippen LogP contribution in [0.5, 0.6) is 0 Å². The van der Waals surface area contributed by atoms with Gasteiger partial charge in [0.15, 0.2) is 5.78 Å². The zero-order chi connectivity index (χ0) is 14.5. The van der Waals surface area contributed by atoms with E-state index in [1.54, 1.807) is 12.1 Å². The second kappa shape index (κ2) is 6.34. The second-order valence-corrected chi connectivity index (χ2v) is 4.63. The SMILES string of the molecule is O=C(CC(=S)Nc1ccccc1)c1ccc(F)cc1F. The van der Waals surface area contributed by atoms with E-state index in [2.05, 4.69) is 5.32 Å². The van der Waals surface area contributed by atoms with Gasteiger partial charge in [-0.1, -0.05) is 30.4 Å². The molecular weight excluding hydrogens is 280 g/mol. The number of halogens is 2. The minimum Gasteiger partial charge on any atom is -0.350 e. The minimum atomic E-state index is -0.877. The molecule has 0 aliphatic carbocycles. The number of rotatable bonds is 4. The predicted molar refractivity (Wildman–Crippen MR) is 78.0 cm³/mol. The highest BCUT2D eigenvalue weighted by Crippen LogP contribution is 2.13. The number of ketones is 1. The number of hydrogen-bond acceptors (Lipinski definition) is 2. The van der Waals surface area contributed by atoms with Crippen LogP contribution in [0.4, 0.5) is 14.5 Å². The van der Waals surface area contributed by atoms with E-state index in [1.807, 2.05) is 18.2 Å². The molecular formula is C15H11F2NOS. The first-order chi connectivity index (χ1) is 9.56. The number of carbonyl (C=O) groups is 1. The Balaban J connectivity index is 2.02. The van der Waals surface area contributed by atoms with Crippen LogP contribution in [0.25, 0.3) is 0 Å². The summed E-state index contributed by atoms with van der Waals surface area (Å²) in [5.41, 5.74) is 0.591. The van der Waals surface area contributed by atoms with Crippen LogP contribution in [0, 0.1) is 11.6 Å². The molecule has 0 amide bonds. The minimum absolute atomic E-state index is 0.132. The zero-order valence-electron chi connectivity index (χ0n) is 10.4. The lowest BCUT2D eigenvalue weighted by molar-refractivity contribution is 0.0997. The standard InChI is InChI=1S/C15H11F2NOS/c16-10-6-7-12(13(17)8-10)14(19)9-15(20)18-11-4-2-1-3-5-11/h1-8H,9H2,(H,18,20). The van der Waals surface area contributed by atoms with Crippen LogP contribution in [-0.4, -0.2) is 10.8 Å². The average molecular weight is 291 g/mol. The summed E-state index contributed by atoms with van der Waals surface area (Å²) in [6.07, 6.45) is -0.132. The monoisotopic (exact) mass is 291 g/mol. The Hall–Kier alpha value is -2.14. The third-order valence-electron chi connectivity index (χ3n) is 2.61. The van der Waals surface area contributed by atoms with Gasteiger partial charge >= 0.3 is 0 Å². The molecule has 0 unspecified atom stereocenters. The van der Waals surface area contributed by atoms with E-state index in [0.29, 0.717) is 6.07 Å². The van der Waals surface area contributed by atoms with Crippen LogP contribution in [0.15, 0.2) is 48.5 Å². The van der Waals surface area contributed by atoms with Crippen LogP contribution < -0.4 is 5.32 Å². The summed E-state index contributed by atoms with van der Waals surface area (Å²) in [7, 11) is 0. The van der Waals surface area contributed by atoms with Crippen LogP contribution in [0.3, 0.4) is 0 Å². The molecule has 0 aliphatic rings. The normalized spacial score (nSPS) is 10.1. The van der Waals surface area contributed by atoms with E-state index in [-0.39, 0.29) is 17.0 Å². The van der Waals surface area contributed by atoms with Crippen molar-refractivity contribution in [3.63, 3.8) is 0 Å².